The van der Waals surface area contributed by atoms with Crippen molar-refractivity contribution >= 4 is 38.7 Å². The molecule has 1 amide bonds. The van der Waals surface area contributed by atoms with Gasteiger partial charge < -0.3 is 10.6 Å². The van der Waals surface area contributed by atoms with Gasteiger partial charge in [0.2, 0.25) is 5.91 Å². The van der Waals surface area contributed by atoms with Crippen molar-refractivity contribution < 1.29 is 13.2 Å². The smallest absolute Gasteiger partial charge is 0.239 e. The van der Waals surface area contributed by atoms with E-state index in [1.54, 1.807) is 13.1 Å². The number of nitrogens with zero attached hydrogens (tertiary/aromatic N) is 1. The Morgan fingerprint density at radius 1 is 1.53 bits per heavy atom. The Bertz CT molecular complexity index is 542. The molecule has 1 aromatic heterocycles. The van der Waals surface area contributed by atoms with Gasteiger partial charge in [-0.25, -0.2) is 8.42 Å². The first-order valence-electron chi connectivity index (χ1n) is 5.61. The molecule has 19 heavy (non-hydrogen) atoms. The van der Waals surface area contributed by atoms with E-state index >= 15 is 0 Å². The van der Waals surface area contributed by atoms with Crippen LogP contribution in [-0.2, 0) is 21.2 Å². The SMILES string of the molecule is CN(Cc1ccc(Cl)s1)C(=O)C(N)CCS(C)(=O)=O. The first-order chi connectivity index (χ1) is 8.69. The maximum Gasteiger partial charge on any atom is 0.239 e. The number of sulfone groups is 1. The van der Waals surface area contributed by atoms with Crippen molar-refractivity contribution in [3.8, 4) is 0 Å². The maximum atomic E-state index is 11.9. The Labute approximate surface area is 122 Å². The molecule has 0 spiro atoms. The molecule has 1 aromatic rings. The van der Waals surface area contributed by atoms with Gasteiger partial charge >= 0.3 is 0 Å². The van der Waals surface area contributed by atoms with E-state index in [4.69, 9.17) is 17.3 Å². The highest BCUT2D eigenvalue weighted by Gasteiger charge is 2.20. The lowest BCUT2D eigenvalue weighted by Gasteiger charge is -2.20. The fourth-order valence-electron chi connectivity index (χ4n) is 1.50. The molecule has 1 unspecified atom stereocenters. The van der Waals surface area contributed by atoms with Crippen molar-refractivity contribution in [2.24, 2.45) is 5.73 Å². The molecule has 1 rings (SSSR count). The van der Waals surface area contributed by atoms with Gasteiger partial charge in [0.1, 0.15) is 9.84 Å². The molecule has 0 aliphatic carbocycles. The van der Waals surface area contributed by atoms with Crippen LogP contribution in [0, 0.1) is 0 Å². The number of likely N-dealkylation sites (N-methyl/N-ethyl adjacent to an activating group) is 1. The molecule has 1 heterocycles. The first kappa shape index (κ1) is 16.4. The third-order valence-corrected chi connectivity index (χ3v) is 4.71. The van der Waals surface area contributed by atoms with Crippen molar-refractivity contribution in [2.45, 2.75) is 19.0 Å². The molecule has 108 valence electrons. The molecule has 0 saturated heterocycles. The van der Waals surface area contributed by atoms with Crippen LogP contribution in [0.25, 0.3) is 0 Å². The minimum atomic E-state index is -3.10. The van der Waals surface area contributed by atoms with Crippen LogP contribution in [0.15, 0.2) is 12.1 Å². The molecular weight excluding hydrogens is 308 g/mol. The highest BCUT2D eigenvalue weighted by atomic mass is 35.5. The normalized spacial score (nSPS) is 13.3. The summed E-state index contributed by atoms with van der Waals surface area (Å²) in [6.45, 7) is 0.419. The van der Waals surface area contributed by atoms with E-state index in [-0.39, 0.29) is 18.1 Å². The molecule has 0 saturated carbocycles. The van der Waals surface area contributed by atoms with Gasteiger partial charge in [0.05, 0.1) is 22.7 Å². The molecule has 8 heteroatoms. The number of hydrogen-bond donors (Lipinski definition) is 1. The Kier molecular flexibility index (Phi) is 5.79. The topological polar surface area (TPSA) is 80.5 Å². The lowest BCUT2D eigenvalue weighted by Crippen LogP contribution is -2.42. The van der Waals surface area contributed by atoms with Crippen molar-refractivity contribution in [3.05, 3.63) is 21.3 Å². The van der Waals surface area contributed by atoms with Gasteiger partial charge in [-0.2, -0.15) is 0 Å². The standard InChI is InChI=1S/C11H17ClN2O3S2/c1-14(7-8-3-4-10(12)18-8)11(15)9(13)5-6-19(2,16)17/h3-4,9H,5-7,13H2,1-2H3. The fourth-order valence-corrected chi connectivity index (χ4v) is 3.32. The molecule has 0 aliphatic heterocycles. The predicted octanol–water partition coefficient (Wildman–Crippen LogP) is 1.12. The van der Waals surface area contributed by atoms with Crippen LogP contribution in [0.2, 0.25) is 4.34 Å². The summed E-state index contributed by atoms with van der Waals surface area (Å²) in [4.78, 5) is 14.4. The minimum absolute atomic E-state index is 0.0847. The molecule has 0 fully saturated rings. The summed E-state index contributed by atoms with van der Waals surface area (Å²) >= 11 is 7.21. The lowest BCUT2D eigenvalue weighted by atomic mass is 10.2. The van der Waals surface area contributed by atoms with Gasteiger partial charge in [-0.1, -0.05) is 11.6 Å². The van der Waals surface area contributed by atoms with Gasteiger partial charge in [0.25, 0.3) is 0 Å². The number of carbonyl (C=O) groups excluding carboxylic acids is 1. The van der Waals surface area contributed by atoms with Crippen molar-refractivity contribution in [2.75, 3.05) is 19.1 Å². The molecule has 0 aromatic carbocycles. The summed E-state index contributed by atoms with van der Waals surface area (Å²) < 4.78 is 22.7. The number of thiophene rings is 1. The Morgan fingerprint density at radius 3 is 2.63 bits per heavy atom. The Morgan fingerprint density at radius 2 is 2.16 bits per heavy atom. The number of halogens is 1. The van der Waals surface area contributed by atoms with Crippen LogP contribution < -0.4 is 5.73 Å². The van der Waals surface area contributed by atoms with Gasteiger partial charge in [0, 0.05) is 18.2 Å². The van der Waals surface area contributed by atoms with E-state index in [1.807, 2.05) is 6.07 Å². The van der Waals surface area contributed by atoms with E-state index < -0.39 is 15.9 Å². The number of rotatable bonds is 6. The summed E-state index contributed by atoms with van der Waals surface area (Å²) in [7, 11) is -1.46. The Balaban J connectivity index is 2.52. The van der Waals surface area contributed by atoms with Crippen LogP contribution in [0.3, 0.4) is 0 Å². The van der Waals surface area contributed by atoms with Crippen LogP contribution in [0.1, 0.15) is 11.3 Å². The van der Waals surface area contributed by atoms with Crippen LogP contribution in [-0.4, -0.2) is 44.3 Å². The zero-order valence-electron chi connectivity index (χ0n) is 10.8. The third-order valence-electron chi connectivity index (χ3n) is 2.51. The quantitative estimate of drug-likeness (QED) is 0.850. The number of amides is 1. The highest BCUT2D eigenvalue weighted by molar-refractivity contribution is 7.90. The monoisotopic (exact) mass is 324 g/mol. The molecular formula is C11H17ClN2O3S2. The zero-order valence-corrected chi connectivity index (χ0v) is 13.2. The molecule has 5 nitrogen and oxygen atoms in total. The zero-order chi connectivity index (χ0) is 14.6. The maximum absolute atomic E-state index is 11.9. The third kappa shape index (κ3) is 5.90. The summed E-state index contributed by atoms with van der Waals surface area (Å²) in [6, 6.07) is 2.82. The number of nitrogens with two attached hydrogens (primary N) is 1. The summed E-state index contributed by atoms with van der Waals surface area (Å²) in [5.41, 5.74) is 5.71. The van der Waals surface area contributed by atoms with Crippen molar-refractivity contribution in [1.29, 1.82) is 0 Å². The van der Waals surface area contributed by atoms with E-state index in [0.29, 0.717) is 10.9 Å². The van der Waals surface area contributed by atoms with Gasteiger partial charge in [-0.3, -0.25) is 4.79 Å². The number of hydrogen-bond acceptors (Lipinski definition) is 5. The second-order valence-corrected chi connectivity index (χ2v) is 8.48. The van der Waals surface area contributed by atoms with Crippen LogP contribution >= 0.6 is 22.9 Å². The first-order valence-corrected chi connectivity index (χ1v) is 8.87. The van der Waals surface area contributed by atoms with Crippen molar-refractivity contribution in [3.63, 3.8) is 0 Å². The fraction of sp³-hybridized carbons (Fsp3) is 0.545. The second kappa shape index (κ2) is 6.69. The minimum Gasteiger partial charge on any atom is -0.339 e. The van der Waals surface area contributed by atoms with E-state index in [2.05, 4.69) is 0 Å². The largest absolute Gasteiger partial charge is 0.339 e. The summed E-state index contributed by atoms with van der Waals surface area (Å²) in [6.07, 6.45) is 1.26. The number of carbonyl (C=O) groups is 1. The Hall–Kier alpha value is -0.630. The van der Waals surface area contributed by atoms with E-state index in [0.717, 1.165) is 11.1 Å². The predicted molar refractivity (Wildman–Crippen MR) is 78.1 cm³/mol. The van der Waals surface area contributed by atoms with Crippen LogP contribution in [0.5, 0.6) is 0 Å². The highest BCUT2D eigenvalue weighted by Crippen LogP contribution is 2.22. The van der Waals surface area contributed by atoms with E-state index in [9.17, 15) is 13.2 Å². The molecule has 0 radical (unpaired) electrons. The second-order valence-electron chi connectivity index (χ2n) is 4.43. The average molecular weight is 325 g/mol. The molecule has 2 N–H and O–H groups in total. The molecule has 0 bridgehead atoms. The van der Waals surface area contributed by atoms with Crippen LogP contribution in [0.4, 0.5) is 0 Å². The van der Waals surface area contributed by atoms with Crippen molar-refractivity contribution in [1.82, 2.24) is 4.90 Å². The van der Waals surface area contributed by atoms with Gasteiger partial charge in [-0.05, 0) is 18.6 Å². The van der Waals surface area contributed by atoms with Gasteiger partial charge in [0.15, 0.2) is 0 Å². The molecule has 1 atom stereocenters. The summed E-state index contributed by atoms with van der Waals surface area (Å²) in [5.74, 6) is -0.355. The van der Waals surface area contributed by atoms with E-state index in [1.165, 1.54) is 16.2 Å². The average Bonchev–Trinajstić information content (AvgIpc) is 2.69. The van der Waals surface area contributed by atoms with Gasteiger partial charge in [-0.15, -0.1) is 11.3 Å². The summed E-state index contributed by atoms with van der Waals surface area (Å²) in [5, 5.41) is 0. The lowest BCUT2D eigenvalue weighted by molar-refractivity contribution is -0.131. The molecule has 0 aliphatic rings.